The summed E-state index contributed by atoms with van der Waals surface area (Å²) in [5.41, 5.74) is 3.36. The summed E-state index contributed by atoms with van der Waals surface area (Å²) >= 11 is 0. The van der Waals surface area contributed by atoms with E-state index in [4.69, 9.17) is 4.74 Å². The zero-order chi connectivity index (χ0) is 18.4. The number of hydrogen-bond acceptors (Lipinski definition) is 3. The van der Waals surface area contributed by atoms with E-state index in [0.717, 1.165) is 41.2 Å². The van der Waals surface area contributed by atoms with E-state index in [0.29, 0.717) is 6.04 Å². The van der Waals surface area contributed by atoms with E-state index >= 15 is 0 Å². The monoisotopic (exact) mass is 358 g/mol. The first-order valence-corrected chi connectivity index (χ1v) is 10.0. The van der Waals surface area contributed by atoms with Crippen LogP contribution in [0, 0.1) is 17.8 Å². The van der Waals surface area contributed by atoms with Gasteiger partial charge in [-0.1, -0.05) is 30.3 Å². The molecule has 1 saturated carbocycles. The number of fused-ring (bicyclic) bond motifs is 2. The number of rotatable bonds is 5. The van der Waals surface area contributed by atoms with Crippen molar-refractivity contribution in [3.05, 3.63) is 60.8 Å². The number of likely N-dealkylation sites (tertiary alicyclic amines) is 1. The Labute approximate surface area is 161 Å². The summed E-state index contributed by atoms with van der Waals surface area (Å²) in [6, 6.07) is 19.5. The van der Waals surface area contributed by atoms with Gasteiger partial charge in [0, 0.05) is 42.2 Å². The van der Waals surface area contributed by atoms with Gasteiger partial charge in [0.1, 0.15) is 5.75 Å². The number of ether oxygens (including phenoxy) is 1. The van der Waals surface area contributed by atoms with Gasteiger partial charge in [0.15, 0.2) is 0 Å². The summed E-state index contributed by atoms with van der Waals surface area (Å²) in [7, 11) is 0. The van der Waals surface area contributed by atoms with Crippen molar-refractivity contribution >= 4 is 10.9 Å². The lowest BCUT2D eigenvalue weighted by atomic mass is 10.1. The SMILES string of the molecule is CC(C)N1C[C@@H]2[C@@H](COc3ccc(-c4cnc5ccccc5c4)cc3)[C@@H]2C1. The van der Waals surface area contributed by atoms with Gasteiger partial charge >= 0.3 is 0 Å². The van der Waals surface area contributed by atoms with Crippen molar-refractivity contribution in [2.24, 2.45) is 17.8 Å². The fourth-order valence-electron chi connectivity index (χ4n) is 4.52. The molecule has 1 aliphatic heterocycles. The van der Waals surface area contributed by atoms with Gasteiger partial charge in [0.2, 0.25) is 0 Å². The van der Waals surface area contributed by atoms with Gasteiger partial charge in [0.25, 0.3) is 0 Å². The molecule has 0 N–H and O–H groups in total. The highest BCUT2D eigenvalue weighted by atomic mass is 16.5. The lowest BCUT2D eigenvalue weighted by Gasteiger charge is -2.23. The minimum atomic E-state index is 0.677. The molecular weight excluding hydrogens is 332 g/mol. The van der Waals surface area contributed by atoms with Crippen LogP contribution < -0.4 is 4.74 Å². The number of benzene rings is 2. The highest BCUT2D eigenvalue weighted by Crippen LogP contribution is 2.52. The number of para-hydroxylation sites is 1. The molecule has 5 rings (SSSR count). The van der Waals surface area contributed by atoms with Crippen molar-refractivity contribution in [2.45, 2.75) is 19.9 Å². The fraction of sp³-hybridized carbons (Fsp3) is 0.375. The highest BCUT2D eigenvalue weighted by molar-refractivity contribution is 5.83. The molecule has 2 aromatic carbocycles. The lowest BCUT2D eigenvalue weighted by molar-refractivity contribution is 0.206. The second kappa shape index (κ2) is 6.65. The molecule has 138 valence electrons. The normalized spacial score (nSPS) is 24.3. The van der Waals surface area contributed by atoms with E-state index in [1.807, 2.05) is 18.3 Å². The molecule has 1 saturated heterocycles. The molecule has 2 fully saturated rings. The Balaban J connectivity index is 1.21. The quantitative estimate of drug-likeness (QED) is 0.651. The molecule has 0 unspecified atom stereocenters. The maximum atomic E-state index is 6.09. The standard InChI is InChI=1S/C24H26N2O/c1-16(2)26-13-21-22(14-26)23(21)15-27-20-9-7-17(8-10-20)19-11-18-5-3-4-6-24(18)25-12-19/h3-12,16,21-23H,13-15H2,1-2H3/t21-,22+,23+. The molecule has 2 heterocycles. The fourth-order valence-corrected chi connectivity index (χ4v) is 4.52. The average molecular weight is 358 g/mol. The Morgan fingerprint density at radius 3 is 2.48 bits per heavy atom. The molecule has 0 spiro atoms. The van der Waals surface area contributed by atoms with Gasteiger partial charge in [0.05, 0.1) is 12.1 Å². The molecule has 3 heteroatoms. The van der Waals surface area contributed by atoms with Crippen molar-refractivity contribution in [1.82, 2.24) is 9.88 Å². The van der Waals surface area contributed by atoms with Crippen LogP contribution in [0.25, 0.3) is 22.0 Å². The van der Waals surface area contributed by atoms with Crippen LogP contribution in [0.5, 0.6) is 5.75 Å². The minimum Gasteiger partial charge on any atom is -0.493 e. The van der Waals surface area contributed by atoms with Crippen LogP contribution in [0.1, 0.15) is 13.8 Å². The molecule has 0 radical (unpaired) electrons. The summed E-state index contributed by atoms with van der Waals surface area (Å²) in [6.45, 7) is 7.96. The van der Waals surface area contributed by atoms with Crippen LogP contribution >= 0.6 is 0 Å². The Hall–Kier alpha value is -2.39. The third-order valence-corrected chi connectivity index (χ3v) is 6.35. The van der Waals surface area contributed by atoms with Gasteiger partial charge < -0.3 is 9.64 Å². The molecule has 0 bridgehead atoms. The number of pyridine rings is 1. The van der Waals surface area contributed by atoms with Gasteiger partial charge in [-0.3, -0.25) is 4.98 Å². The molecule has 3 aromatic rings. The van der Waals surface area contributed by atoms with E-state index < -0.39 is 0 Å². The predicted molar refractivity (Wildman–Crippen MR) is 110 cm³/mol. The first kappa shape index (κ1) is 16.8. The first-order chi connectivity index (χ1) is 13.2. The first-order valence-electron chi connectivity index (χ1n) is 10.0. The van der Waals surface area contributed by atoms with Crippen molar-refractivity contribution in [3.63, 3.8) is 0 Å². The van der Waals surface area contributed by atoms with Gasteiger partial charge in [-0.05, 0) is 55.5 Å². The Morgan fingerprint density at radius 2 is 1.74 bits per heavy atom. The molecule has 1 aliphatic carbocycles. The number of aromatic nitrogens is 1. The van der Waals surface area contributed by atoms with Crippen molar-refractivity contribution in [2.75, 3.05) is 19.7 Å². The van der Waals surface area contributed by atoms with E-state index in [1.54, 1.807) is 0 Å². The minimum absolute atomic E-state index is 0.677. The molecule has 0 amide bonds. The second-order valence-corrected chi connectivity index (χ2v) is 8.29. The van der Waals surface area contributed by atoms with Crippen molar-refractivity contribution in [1.29, 1.82) is 0 Å². The Morgan fingerprint density at radius 1 is 1.00 bits per heavy atom. The topological polar surface area (TPSA) is 25.4 Å². The summed E-state index contributed by atoms with van der Waals surface area (Å²) in [5.74, 6) is 3.44. The zero-order valence-corrected chi connectivity index (χ0v) is 16.0. The van der Waals surface area contributed by atoms with Crippen molar-refractivity contribution < 1.29 is 4.74 Å². The van der Waals surface area contributed by atoms with Crippen LogP contribution in [0.2, 0.25) is 0 Å². The van der Waals surface area contributed by atoms with Crippen LogP contribution in [0.15, 0.2) is 60.8 Å². The lowest BCUT2D eigenvalue weighted by Crippen LogP contribution is -2.31. The van der Waals surface area contributed by atoms with E-state index in [1.165, 1.54) is 24.0 Å². The third kappa shape index (κ3) is 3.21. The highest BCUT2D eigenvalue weighted by Gasteiger charge is 2.56. The van der Waals surface area contributed by atoms with Crippen LogP contribution in [-0.4, -0.2) is 35.6 Å². The van der Waals surface area contributed by atoms with Crippen LogP contribution in [-0.2, 0) is 0 Å². The summed E-state index contributed by atoms with van der Waals surface area (Å²) in [5, 5.41) is 1.17. The predicted octanol–water partition coefficient (Wildman–Crippen LogP) is 4.87. The zero-order valence-electron chi connectivity index (χ0n) is 16.0. The van der Waals surface area contributed by atoms with Crippen LogP contribution in [0.3, 0.4) is 0 Å². The molecule has 3 atom stereocenters. The summed E-state index contributed by atoms with van der Waals surface area (Å²) in [4.78, 5) is 7.16. The van der Waals surface area contributed by atoms with E-state index in [-0.39, 0.29) is 0 Å². The van der Waals surface area contributed by atoms with Gasteiger partial charge in [-0.2, -0.15) is 0 Å². The van der Waals surface area contributed by atoms with Crippen LogP contribution in [0.4, 0.5) is 0 Å². The molecule has 2 aliphatic rings. The second-order valence-electron chi connectivity index (χ2n) is 8.29. The largest absolute Gasteiger partial charge is 0.493 e. The maximum absolute atomic E-state index is 6.09. The Kier molecular flexibility index (Phi) is 4.13. The molecule has 3 nitrogen and oxygen atoms in total. The number of nitrogens with zero attached hydrogens (tertiary/aromatic N) is 2. The van der Waals surface area contributed by atoms with Gasteiger partial charge in [-0.15, -0.1) is 0 Å². The van der Waals surface area contributed by atoms with Crippen molar-refractivity contribution in [3.8, 4) is 16.9 Å². The van der Waals surface area contributed by atoms with E-state index in [2.05, 4.69) is 66.2 Å². The Bertz CT molecular complexity index is 938. The average Bonchev–Trinajstić information content (AvgIpc) is 3.14. The smallest absolute Gasteiger partial charge is 0.119 e. The third-order valence-electron chi connectivity index (χ3n) is 6.35. The van der Waals surface area contributed by atoms with Gasteiger partial charge in [-0.25, -0.2) is 0 Å². The molecular formula is C24H26N2O. The van der Waals surface area contributed by atoms with E-state index in [9.17, 15) is 0 Å². The number of piperidine rings is 1. The molecule has 27 heavy (non-hydrogen) atoms. The maximum Gasteiger partial charge on any atom is 0.119 e. The summed E-state index contributed by atoms with van der Waals surface area (Å²) in [6.07, 6.45) is 1.95. The molecule has 1 aromatic heterocycles. The number of hydrogen-bond donors (Lipinski definition) is 0. The summed E-state index contributed by atoms with van der Waals surface area (Å²) < 4.78 is 6.09.